The average molecular weight is 246 g/mol. The van der Waals surface area contributed by atoms with Crippen LogP contribution in [-0.4, -0.2) is 21.3 Å². The Morgan fingerprint density at radius 1 is 1.44 bits per heavy atom. The van der Waals surface area contributed by atoms with Crippen molar-refractivity contribution in [3.05, 3.63) is 36.3 Å². The van der Waals surface area contributed by atoms with Gasteiger partial charge in [-0.1, -0.05) is 6.92 Å². The molecule has 0 amide bonds. The van der Waals surface area contributed by atoms with E-state index >= 15 is 0 Å². The second-order valence-corrected chi connectivity index (χ2v) is 4.13. The van der Waals surface area contributed by atoms with Gasteiger partial charge in [-0.25, -0.2) is 4.98 Å². The Hall–Kier alpha value is -1.88. The number of pyridine rings is 1. The molecular weight excluding hydrogens is 228 g/mol. The molecule has 5 nitrogen and oxygen atoms in total. The van der Waals surface area contributed by atoms with Crippen molar-refractivity contribution in [3.63, 3.8) is 0 Å². The standard InChI is InChI=1S/C13H18N4O/c1-3-5-14-8-11-4-6-15-13(7-11)18-12-9-16-17(2)10-12/h4,6-7,9-10,14H,3,5,8H2,1-2H3. The third-order valence-corrected chi connectivity index (χ3v) is 2.46. The molecule has 0 spiro atoms. The van der Waals surface area contributed by atoms with Gasteiger partial charge in [0.25, 0.3) is 0 Å². The van der Waals surface area contributed by atoms with Crippen LogP contribution in [0.2, 0.25) is 0 Å². The third-order valence-electron chi connectivity index (χ3n) is 2.46. The predicted octanol–water partition coefficient (Wildman–Crippen LogP) is 2.11. The van der Waals surface area contributed by atoms with Gasteiger partial charge in [0.15, 0.2) is 5.75 Å². The summed E-state index contributed by atoms with van der Waals surface area (Å²) in [5.74, 6) is 1.29. The van der Waals surface area contributed by atoms with Gasteiger partial charge < -0.3 is 10.1 Å². The molecule has 0 radical (unpaired) electrons. The minimum Gasteiger partial charge on any atom is -0.436 e. The summed E-state index contributed by atoms with van der Waals surface area (Å²) in [7, 11) is 1.85. The number of nitrogens with one attached hydrogen (secondary N) is 1. The van der Waals surface area contributed by atoms with E-state index in [4.69, 9.17) is 4.74 Å². The summed E-state index contributed by atoms with van der Waals surface area (Å²) in [4.78, 5) is 4.19. The number of aryl methyl sites for hydroxylation is 1. The minimum absolute atomic E-state index is 0.596. The second-order valence-electron chi connectivity index (χ2n) is 4.13. The lowest BCUT2D eigenvalue weighted by atomic mass is 10.2. The van der Waals surface area contributed by atoms with Crippen LogP contribution < -0.4 is 10.1 Å². The third kappa shape index (κ3) is 3.56. The van der Waals surface area contributed by atoms with Crippen LogP contribution in [0.1, 0.15) is 18.9 Å². The van der Waals surface area contributed by atoms with Crippen molar-refractivity contribution in [3.8, 4) is 11.6 Å². The molecule has 0 unspecified atom stereocenters. The number of ether oxygens (including phenoxy) is 1. The number of hydrogen-bond donors (Lipinski definition) is 1. The normalized spacial score (nSPS) is 10.6. The highest BCUT2D eigenvalue weighted by Gasteiger charge is 2.02. The summed E-state index contributed by atoms with van der Waals surface area (Å²) in [5.41, 5.74) is 1.16. The monoisotopic (exact) mass is 246 g/mol. The van der Waals surface area contributed by atoms with E-state index in [-0.39, 0.29) is 0 Å². The van der Waals surface area contributed by atoms with Gasteiger partial charge >= 0.3 is 0 Å². The predicted molar refractivity (Wildman–Crippen MR) is 69.5 cm³/mol. The Labute approximate surface area is 107 Å². The molecule has 1 N–H and O–H groups in total. The molecule has 2 heterocycles. The lowest BCUT2D eigenvalue weighted by molar-refractivity contribution is 0.461. The molecule has 2 aromatic rings. The molecule has 0 aliphatic heterocycles. The number of rotatable bonds is 6. The molecule has 5 heteroatoms. The van der Waals surface area contributed by atoms with Gasteiger partial charge in [0, 0.05) is 25.9 Å². The van der Waals surface area contributed by atoms with E-state index in [9.17, 15) is 0 Å². The topological polar surface area (TPSA) is 52.0 Å². The highest BCUT2D eigenvalue weighted by Crippen LogP contribution is 2.18. The molecule has 2 rings (SSSR count). The first-order chi connectivity index (χ1) is 8.78. The van der Waals surface area contributed by atoms with Crippen LogP contribution in [0.5, 0.6) is 11.6 Å². The molecule has 0 aliphatic carbocycles. The van der Waals surface area contributed by atoms with E-state index < -0.39 is 0 Å². The maximum atomic E-state index is 5.62. The fourth-order valence-electron chi connectivity index (χ4n) is 1.60. The molecule has 0 atom stereocenters. The second kappa shape index (κ2) is 6.16. The van der Waals surface area contributed by atoms with E-state index in [0.29, 0.717) is 11.6 Å². The zero-order chi connectivity index (χ0) is 12.8. The van der Waals surface area contributed by atoms with E-state index in [1.807, 2.05) is 25.4 Å². The van der Waals surface area contributed by atoms with Crippen molar-refractivity contribution in [2.75, 3.05) is 6.54 Å². The maximum Gasteiger partial charge on any atom is 0.219 e. The Balaban J connectivity index is 1.98. The first-order valence-electron chi connectivity index (χ1n) is 6.10. The summed E-state index contributed by atoms with van der Waals surface area (Å²) in [6, 6.07) is 3.93. The Morgan fingerprint density at radius 3 is 3.06 bits per heavy atom. The SMILES string of the molecule is CCCNCc1ccnc(Oc2cnn(C)c2)c1. The summed E-state index contributed by atoms with van der Waals surface area (Å²) in [6.07, 6.45) is 6.37. The molecule has 18 heavy (non-hydrogen) atoms. The van der Waals surface area contributed by atoms with Gasteiger partial charge in [-0.2, -0.15) is 5.10 Å². The van der Waals surface area contributed by atoms with Crippen molar-refractivity contribution >= 4 is 0 Å². The lowest BCUT2D eigenvalue weighted by Gasteiger charge is -2.05. The number of nitrogens with zero attached hydrogens (tertiary/aromatic N) is 3. The van der Waals surface area contributed by atoms with Gasteiger partial charge in [0.1, 0.15) is 0 Å². The van der Waals surface area contributed by atoms with Crippen LogP contribution in [0, 0.1) is 0 Å². The lowest BCUT2D eigenvalue weighted by Crippen LogP contribution is -2.13. The molecule has 0 fully saturated rings. The van der Waals surface area contributed by atoms with Gasteiger partial charge in [-0.3, -0.25) is 4.68 Å². The van der Waals surface area contributed by atoms with Crippen LogP contribution in [0.15, 0.2) is 30.7 Å². The molecule has 0 saturated carbocycles. The Morgan fingerprint density at radius 2 is 2.33 bits per heavy atom. The maximum absolute atomic E-state index is 5.62. The van der Waals surface area contributed by atoms with Crippen LogP contribution in [0.4, 0.5) is 0 Å². The van der Waals surface area contributed by atoms with Crippen molar-refractivity contribution in [1.82, 2.24) is 20.1 Å². The first kappa shape index (κ1) is 12.6. The van der Waals surface area contributed by atoms with Gasteiger partial charge in [-0.05, 0) is 24.6 Å². The van der Waals surface area contributed by atoms with Crippen molar-refractivity contribution in [1.29, 1.82) is 0 Å². The van der Waals surface area contributed by atoms with E-state index in [1.54, 1.807) is 17.1 Å². The summed E-state index contributed by atoms with van der Waals surface area (Å²) in [6.45, 7) is 4.00. The highest BCUT2D eigenvalue weighted by molar-refractivity contribution is 5.25. The van der Waals surface area contributed by atoms with Gasteiger partial charge in [0.2, 0.25) is 5.88 Å². The van der Waals surface area contributed by atoms with Gasteiger partial charge in [-0.15, -0.1) is 0 Å². The van der Waals surface area contributed by atoms with E-state index in [2.05, 4.69) is 22.3 Å². The van der Waals surface area contributed by atoms with Crippen LogP contribution in [-0.2, 0) is 13.6 Å². The molecule has 96 valence electrons. The molecular formula is C13H18N4O. The van der Waals surface area contributed by atoms with Crippen LogP contribution in [0.3, 0.4) is 0 Å². The Kier molecular flexibility index (Phi) is 4.30. The van der Waals surface area contributed by atoms with Crippen LogP contribution in [0.25, 0.3) is 0 Å². The summed E-state index contributed by atoms with van der Waals surface area (Å²) >= 11 is 0. The smallest absolute Gasteiger partial charge is 0.219 e. The largest absolute Gasteiger partial charge is 0.436 e. The zero-order valence-electron chi connectivity index (χ0n) is 10.8. The van der Waals surface area contributed by atoms with E-state index in [1.165, 1.54) is 0 Å². The molecule has 0 aromatic carbocycles. The van der Waals surface area contributed by atoms with Crippen LogP contribution >= 0.6 is 0 Å². The highest BCUT2D eigenvalue weighted by atomic mass is 16.5. The Bertz CT molecular complexity index is 495. The van der Waals surface area contributed by atoms with Crippen molar-refractivity contribution in [2.45, 2.75) is 19.9 Å². The number of aromatic nitrogens is 3. The fourth-order valence-corrected chi connectivity index (χ4v) is 1.60. The zero-order valence-corrected chi connectivity index (χ0v) is 10.8. The quantitative estimate of drug-likeness (QED) is 0.793. The van der Waals surface area contributed by atoms with Crippen molar-refractivity contribution in [2.24, 2.45) is 7.05 Å². The fraction of sp³-hybridized carbons (Fsp3) is 0.385. The minimum atomic E-state index is 0.596. The van der Waals surface area contributed by atoms with E-state index in [0.717, 1.165) is 25.1 Å². The molecule has 2 aromatic heterocycles. The first-order valence-corrected chi connectivity index (χ1v) is 6.10. The van der Waals surface area contributed by atoms with Gasteiger partial charge in [0.05, 0.1) is 12.4 Å². The molecule has 0 bridgehead atoms. The molecule has 0 aliphatic rings. The van der Waals surface area contributed by atoms with Crippen molar-refractivity contribution < 1.29 is 4.74 Å². The number of hydrogen-bond acceptors (Lipinski definition) is 4. The molecule has 0 saturated heterocycles. The summed E-state index contributed by atoms with van der Waals surface area (Å²) in [5, 5.41) is 7.39. The average Bonchev–Trinajstić information content (AvgIpc) is 2.76. The summed E-state index contributed by atoms with van der Waals surface area (Å²) < 4.78 is 7.32.